The van der Waals surface area contributed by atoms with Crippen molar-refractivity contribution in [2.24, 2.45) is 0 Å². The van der Waals surface area contributed by atoms with E-state index in [2.05, 4.69) is 19.1 Å². The predicted octanol–water partition coefficient (Wildman–Crippen LogP) is 7.68. The smallest absolute Gasteiger partial charge is 0.305 e. The summed E-state index contributed by atoms with van der Waals surface area (Å²) < 4.78 is 16.9. The maximum Gasteiger partial charge on any atom is 0.305 e. The third-order valence-corrected chi connectivity index (χ3v) is 5.89. The molecule has 1 aliphatic heterocycles. The van der Waals surface area contributed by atoms with Crippen LogP contribution in [-0.4, -0.2) is 25.3 Å². The van der Waals surface area contributed by atoms with Gasteiger partial charge in [0.05, 0.1) is 6.61 Å². The van der Waals surface area contributed by atoms with Crippen LogP contribution in [0.25, 0.3) is 0 Å². The second-order valence-electron chi connectivity index (χ2n) is 8.85. The highest BCUT2D eigenvalue weighted by Crippen LogP contribution is 2.26. The van der Waals surface area contributed by atoms with Crippen molar-refractivity contribution in [2.45, 2.75) is 109 Å². The van der Waals surface area contributed by atoms with Crippen molar-refractivity contribution in [3.8, 4) is 0 Å². The standard InChI is InChI=1S/C28H44O4/c1-2-3-4-5-6-7-8-9-10-11-12-13-14-15-19-22-27(29)30-23-26-24-31-28(32-26)25-20-17-16-18-21-25/h9-10,16-18,20-21,26,28H,2-8,11-15,19,22-24H2,1H3/b10-9+. The first-order chi connectivity index (χ1) is 15.8. The number of hydrogen-bond donors (Lipinski definition) is 0. The van der Waals surface area contributed by atoms with E-state index in [1.165, 1.54) is 70.6 Å². The van der Waals surface area contributed by atoms with Gasteiger partial charge in [-0.1, -0.05) is 101 Å². The Bertz CT molecular complexity index is 613. The summed E-state index contributed by atoms with van der Waals surface area (Å²) in [7, 11) is 0. The van der Waals surface area contributed by atoms with Crippen molar-refractivity contribution in [2.75, 3.05) is 13.2 Å². The Kier molecular flexibility index (Phi) is 14.8. The Hall–Kier alpha value is -1.65. The van der Waals surface area contributed by atoms with Crippen LogP contribution in [0.2, 0.25) is 0 Å². The number of rotatable bonds is 18. The Morgan fingerprint density at radius 3 is 2.22 bits per heavy atom. The highest BCUT2D eigenvalue weighted by Gasteiger charge is 2.28. The number of esters is 1. The lowest BCUT2D eigenvalue weighted by molar-refractivity contribution is -0.148. The Labute approximate surface area is 195 Å². The van der Waals surface area contributed by atoms with Crippen LogP contribution in [-0.2, 0) is 19.0 Å². The first kappa shape index (κ1) is 26.6. The van der Waals surface area contributed by atoms with Crippen LogP contribution in [0.5, 0.6) is 0 Å². The molecule has 0 radical (unpaired) electrons. The molecule has 2 unspecified atom stereocenters. The lowest BCUT2D eigenvalue weighted by Gasteiger charge is -2.12. The van der Waals surface area contributed by atoms with E-state index in [0.717, 1.165) is 18.4 Å². The lowest BCUT2D eigenvalue weighted by Crippen LogP contribution is -2.20. The zero-order valence-corrected chi connectivity index (χ0v) is 20.1. The summed E-state index contributed by atoms with van der Waals surface area (Å²) in [6.45, 7) is 3.00. The van der Waals surface area contributed by atoms with Crippen LogP contribution < -0.4 is 0 Å². The molecular weight excluding hydrogens is 400 g/mol. The number of carbonyl (C=O) groups is 1. The average molecular weight is 445 g/mol. The van der Waals surface area contributed by atoms with E-state index in [-0.39, 0.29) is 25.0 Å². The van der Waals surface area contributed by atoms with Gasteiger partial charge in [0.15, 0.2) is 6.29 Å². The molecule has 1 fully saturated rings. The third-order valence-electron chi connectivity index (χ3n) is 5.89. The molecule has 1 heterocycles. The molecule has 32 heavy (non-hydrogen) atoms. The second-order valence-corrected chi connectivity index (χ2v) is 8.85. The van der Waals surface area contributed by atoms with Crippen molar-refractivity contribution >= 4 is 5.97 Å². The normalized spacial score (nSPS) is 18.4. The molecule has 0 bridgehead atoms. The van der Waals surface area contributed by atoms with Crippen LogP contribution in [0.3, 0.4) is 0 Å². The molecule has 4 nitrogen and oxygen atoms in total. The largest absolute Gasteiger partial charge is 0.463 e. The molecule has 2 rings (SSSR count). The zero-order valence-electron chi connectivity index (χ0n) is 20.1. The molecule has 0 N–H and O–H groups in total. The fraction of sp³-hybridized carbons (Fsp3) is 0.679. The number of carbonyl (C=O) groups excluding carboxylic acids is 1. The Balaban J connectivity index is 1.36. The molecule has 180 valence electrons. The van der Waals surface area contributed by atoms with Crippen LogP contribution in [0, 0.1) is 0 Å². The summed E-state index contributed by atoms with van der Waals surface area (Å²) in [5.74, 6) is -0.130. The molecule has 0 aromatic heterocycles. The molecule has 1 aliphatic rings. The second kappa shape index (κ2) is 17.9. The van der Waals surface area contributed by atoms with Crippen molar-refractivity contribution in [1.29, 1.82) is 0 Å². The summed E-state index contributed by atoms with van der Waals surface area (Å²) in [4.78, 5) is 12.0. The minimum Gasteiger partial charge on any atom is -0.463 e. The van der Waals surface area contributed by atoms with Gasteiger partial charge in [-0.15, -0.1) is 0 Å². The maximum absolute atomic E-state index is 12.0. The van der Waals surface area contributed by atoms with Crippen LogP contribution >= 0.6 is 0 Å². The first-order valence-corrected chi connectivity index (χ1v) is 12.9. The molecule has 0 aliphatic carbocycles. The van der Waals surface area contributed by atoms with Gasteiger partial charge < -0.3 is 14.2 Å². The zero-order chi connectivity index (χ0) is 22.7. The van der Waals surface area contributed by atoms with E-state index in [1.54, 1.807) is 0 Å². The fourth-order valence-electron chi connectivity index (χ4n) is 3.92. The third kappa shape index (κ3) is 12.4. The lowest BCUT2D eigenvalue weighted by atomic mass is 10.1. The summed E-state index contributed by atoms with van der Waals surface area (Å²) in [5, 5.41) is 0. The van der Waals surface area contributed by atoms with E-state index in [4.69, 9.17) is 14.2 Å². The fourth-order valence-corrected chi connectivity index (χ4v) is 3.92. The Morgan fingerprint density at radius 1 is 0.906 bits per heavy atom. The van der Waals surface area contributed by atoms with Crippen LogP contribution in [0.15, 0.2) is 42.5 Å². The van der Waals surface area contributed by atoms with Crippen molar-refractivity contribution < 1.29 is 19.0 Å². The summed E-state index contributed by atoms with van der Waals surface area (Å²) in [6, 6.07) is 9.84. The molecule has 4 heteroatoms. The molecule has 1 aromatic carbocycles. The van der Waals surface area contributed by atoms with Gasteiger partial charge in [0.2, 0.25) is 0 Å². The van der Waals surface area contributed by atoms with Crippen molar-refractivity contribution in [1.82, 2.24) is 0 Å². The van der Waals surface area contributed by atoms with E-state index in [1.807, 2.05) is 30.3 Å². The van der Waals surface area contributed by atoms with Gasteiger partial charge in [-0.25, -0.2) is 0 Å². The van der Waals surface area contributed by atoms with Gasteiger partial charge in [0.1, 0.15) is 12.7 Å². The van der Waals surface area contributed by atoms with Gasteiger partial charge in [-0.3, -0.25) is 4.79 Å². The first-order valence-electron chi connectivity index (χ1n) is 12.9. The van der Waals surface area contributed by atoms with Gasteiger partial charge in [0, 0.05) is 12.0 Å². The van der Waals surface area contributed by atoms with Gasteiger partial charge in [-0.05, 0) is 32.1 Å². The monoisotopic (exact) mass is 444 g/mol. The average Bonchev–Trinajstić information content (AvgIpc) is 3.30. The van der Waals surface area contributed by atoms with Gasteiger partial charge in [0.25, 0.3) is 0 Å². The van der Waals surface area contributed by atoms with E-state index >= 15 is 0 Å². The number of hydrogen-bond acceptors (Lipinski definition) is 4. The number of allylic oxidation sites excluding steroid dienone is 2. The highest BCUT2D eigenvalue weighted by molar-refractivity contribution is 5.69. The molecule has 0 spiro atoms. The van der Waals surface area contributed by atoms with E-state index in [0.29, 0.717) is 13.0 Å². The quantitative estimate of drug-likeness (QED) is 0.132. The molecular formula is C28H44O4. The summed E-state index contributed by atoms with van der Waals surface area (Å²) >= 11 is 0. The minimum atomic E-state index is -0.356. The number of ether oxygens (including phenoxy) is 3. The number of benzene rings is 1. The van der Waals surface area contributed by atoms with E-state index in [9.17, 15) is 4.79 Å². The predicted molar refractivity (Wildman–Crippen MR) is 130 cm³/mol. The SMILES string of the molecule is CCCCCCCC/C=C/CCCCCCCC(=O)OCC1COC(c2ccccc2)O1. The summed E-state index contributed by atoms with van der Waals surface area (Å²) in [6.07, 6.45) is 21.0. The molecule has 0 saturated carbocycles. The molecule has 0 amide bonds. The van der Waals surface area contributed by atoms with Gasteiger partial charge in [-0.2, -0.15) is 0 Å². The van der Waals surface area contributed by atoms with Gasteiger partial charge >= 0.3 is 5.97 Å². The topological polar surface area (TPSA) is 44.8 Å². The van der Waals surface area contributed by atoms with Crippen LogP contribution in [0.4, 0.5) is 0 Å². The van der Waals surface area contributed by atoms with Crippen molar-refractivity contribution in [3.63, 3.8) is 0 Å². The molecule has 2 atom stereocenters. The molecule has 1 aromatic rings. The number of unbranched alkanes of at least 4 members (excludes halogenated alkanes) is 11. The minimum absolute atomic E-state index is 0.130. The van der Waals surface area contributed by atoms with E-state index < -0.39 is 0 Å². The maximum atomic E-state index is 12.0. The Morgan fingerprint density at radius 2 is 1.53 bits per heavy atom. The molecule has 1 saturated heterocycles. The van der Waals surface area contributed by atoms with Crippen LogP contribution in [0.1, 0.15) is 109 Å². The highest BCUT2D eigenvalue weighted by atomic mass is 16.7. The van der Waals surface area contributed by atoms with Crippen molar-refractivity contribution in [3.05, 3.63) is 48.0 Å². The summed E-state index contributed by atoms with van der Waals surface area (Å²) in [5.41, 5.74) is 0.995.